The Kier molecular flexibility index (Phi) is 6.47. The SMILES string of the molecule is CN(C)CC(=O)NCCOC1CCC(N)CC1. The number of nitrogens with one attached hydrogen (secondary N) is 1. The predicted octanol–water partition coefficient (Wildman–Crippen LogP) is -0.0493. The Hall–Kier alpha value is -0.650. The molecule has 0 atom stereocenters. The van der Waals surface area contributed by atoms with Crippen LogP contribution in [0.3, 0.4) is 0 Å². The molecule has 0 aliphatic heterocycles. The van der Waals surface area contributed by atoms with Crippen molar-refractivity contribution in [3.05, 3.63) is 0 Å². The van der Waals surface area contributed by atoms with E-state index in [9.17, 15) is 4.79 Å². The molecule has 100 valence electrons. The molecule has 0 heterocycles. The normalized spacial score (nSPS) is 24.9. The van der Waals surface area contributed by atoms with Gasteiger partial charge in [0.25, 0.3) is 0 Å². The van der Waals surface area contributed by atoms with Gasteiger partial charge in [0.15, 0.2) is 0 Å². The average Bonchev–Trinajstić information content (AvgIpc) is 2.26. The summed E-state index contributed by atoms with van der Waals surface area (Å²) >= 11 is 0. The summed E-state index contributed by atoms with van der Waals surface area (Å²) in [6.07, 6.45) is 4.54. The molecule has 0 spiro atoms. The maximum absolute atomic E-state index is 11.3. The number of hydrogen-bond acceptors (Lipinski definition) is 4. The van der Waals surface area contributed by atoms with Crippen LogP contribution >= 0.6 is 0 Å². The van der Waals surface area contributed by atoms with Gasteiger partial charge in [0.1, 0.15) is 0 Å². The first kappa shape index (κ1) is 14.4. The van der Waals surface area contributed by atoms with Crippen LogP contribution in [0.2, 0.25) is 0 Å². The second-order valence-corrected chi connectivity index (χ2v) is 5.00. The lowest BCUT2D eigenvalue weighted by molar-refractivity contribution is -0.122. The monoisotopic (exact) mass is 243 g/mol. The fourth-order valence-corrected chi connectivity index (χ4v) is 2.01. The number of ether oxygens (including phenoxy) is 1. The largest absolute Gasteiger partial charge is 0.376 e. The van der Waals surface area contributed by atoms with E-state index in [4.69, 9.17) is 10.5 Å². The second-order valence-electron chi connectivity index (χ2n) is 5.00. The summed E-state index contributed by atoms with van der Waals surface area (Å²) in [5, 5.41) is 2.83. The zero-order chi connectivity index (χ0) is 12.7. The van der Waals surface area contributed by atoms with E-state index in [0.29, 0.717) is 31.8 Å². The Bertz CT molecular complexity index is 226. The number of amides is 1. The van der Waals surface area contributed by atoms with E-state index in [0.717, 1.165) is 25.7 Å². The first-order valence-corrected chi connectivity index (χ1v) is 6.36. The molecule has 5 heteroatoms. The summed E-state index contributed by atoms with van der Waals surface area (Å²) in [7, 11) is 3.75. The van der Waals surface area contributed by atoms with Crippen molar-refractivity contribution >= 4 is 5.91 Å². The van der Waals surface area contributed by atoms with Gasteiger partial charge >= 0.3 is 0 Å². The van der Waals surface area contributed by atoms with E-state index in [1.165, 1.54) is 0 Å². The van der Waals surface area contributed by atoms with Gasteiger partial charge in [-0.2, -0.15) is 0 Å². The lowest BCUT2D eigenvalue weighted by Crippen LogP contribution is -2.36. The van der Waals surface area contributed by atoms with Crippen molar-refractivity contribution in [2.75, 3.05) is 33.8 Å². The van der Waals surface area contributed by atoms with Gasteiger partial charge in [-0.3, -0.25) is 4.79 Å². The lowest BCUT2D eigenvalue weighted by Gasteiger charge is -2.26. The molecule has 1 fully saturated rings. The molecular formula is C12H25N3O2. The summed E-state index contributed by atoms with van der Waals surface area (Å²) in [5.41, 5.74) is 5.82. The van der Waals surface area contributed by atoms with Gasteiger partial charge in [-0.05, 0) is 39.8 Å². The zero-order valence-corrected chi connectivity index (χ0v) is 10.9. The number of likely N-dealkylation sites (N-methyl/N-ethyl adjacent to an activating group) is 1. The van der Waals surface area contributed by atoms with Crippen molar-refractivity contribution in [1.29, 1.82) is 0 Å². The van der Waals surface area contributed by atoms with E-state index >= 15 is 0 Å². The van der Waals surface area contributed by atoms with Crippen LogP contribution in [0.4, 0.5) is 0 Å². The van der Waals surface area contributed by atoms with Gasteiger partial charge in [-0.1, -0.05) is 0 Å². The number of nitrogens with two attached hydrogens (primary N) is 1. The van der Waals surface area contributed by atoms with E-state index in [-0.39, 0.29) is 5.91 Å². The first-order valence-electron chi connectivity index (χ1n) is 6.36. The standard InChI is InChI=1S/C12H25N3O2/c1-15(2)9-12(16)14-7-8-17-11-5-3-10(13)4-6-11/h10-11H,3-9,13H2,1-2H3,(H,14,16). The molecule has 17 heavy (non-hydrogen) atoms. The minimum Gasteiger partial charge on any atom is -0.376 e. The van der Waals surface area contributed by atoms with Crippen LogP contribution in [0.25, 0.3) is 0 Å². The average molecular weight is 243 g/mol. The van der Waals surface area contributed by atoms with Crippen molar-refractivity contribution in [2.45, 2.75) is 37.8 Å². The van der Waals surface area contributed by atoms with Crippen molar-refractivity contribution < 1.29 is 9.53 Å². The van der Waals surface area contributed by atoms with Crippen LogP contribution in [-0.2, 0) is 9.53 Å². The third kappa shape index (κ3) is 6.61. The zero-order valence-electron chi connectivity index (χ0n) is 10.9. The first-order chi connectivity index (χ1) is 8.08. The van der Waals surface area contributed by atoms with Gasteiger partial charge in [0.05, 0.1) is 19.3 Å². The Morgan fingerprint density at radius 3 is 2.59 bits per heavy atom. The number of carbonyl (C=O) groups is 1. The van der Waals surface area contributed by atoms with Crippen molar-refractivity contribution in [1.82, 2.24) is 10.2 Å². The molecule has 0 radical (unpaired) electrons. The number of hydrogen-bond donors (Lipinski definition) is 2. The van der Waals surface area contributed by atoms with Crippen molar-refractivity contribution in [2.24, 2.45) is 5.73 Å². The molecule has 3 N–H and O–H groups in total. The molecule has 0 aromatic heterocycles. The van der Waals surface area contributed by atoms with Gasteiger partial charge in [0.2, 0.25) is 5.91 Å². The number of rotatable bonds is 6. The summed E-state index contributed by atoms with van der Waals surface area (Å²) in [6, 6.07) is 0.356. The summed E-state index contributed by atoms with van der Waals surface area (Å²) in [5.74, 6) is 0.0456. The summed E-state index contributed by atoms with van der Waals surface area (Å²) in [4.78, 5) is 13.2. The Morgan fingerprint density at radius 1 is 1.35 bits per heavy atom. The minimum atomic E-state index is 0.0456. The molecule has 1 aliphatic rings. The highest BCUT2D eigenvalue weighted by Gasteiger charge is 2.18. The topological polar surface area (TPSA) is 67.6 Å². The molecule has 1 saturated carbocycles. The highest BCUT2D eigenvalue weighted by molar-refractivity contribution is 5.77. The van der Waals surface area contributed by atoms with Crippen LogP contribution in [-0.4, -0.2) is 56.7 Å². The molecule has 0 aromatic carbocycles. The van der Waals surface area contributed by atoms with Crippen LogP contribution < -0.4 is 11.1 Å². The highest BCUT2D eigenvalue weighted by atomic mass is 16.5. The minimum absolute atomic E-state index is 0.0456. The van der Waals surface area contributed by atoms with E-state index in [1.54, 1.807) is 0 Å². The third-order valence-corrected chi connectivity index (χ3v) is 2.96. The number of carbonyl (C=O) groups excluding carboxylic acids is 1. The van der Waals surface area contributed by atoms with E-state index in [1.807, 2.05) is 19.0 Å². The van der Waals surface area contributed by atoms with Crippen LogP contribution in [0.15, 0.2) is 0 Å². The lowest BCUT2D eigenvalue weighted by atomic mass is 9.94. The van der Waals surface area contributed by atoms with Crippen LogP contribution in [0, 0.1) is 0 Å². The predicted molar refractivity (Wildman–Crippen MR) is 67.7 cm³/mol. The molecule has 0 unspecified atom stereocenters. The Balaban J connectivity index is 1.99. The molecule has 0 saturated heterocycles. The molecule has 1 aliphatic carbocycles. The summed E-state index contributed by atoms with van der Waals surface area (Å²) < 4.78 is 5.70. The van der Waals surface area contributed by atoms with Crippen LogP contribution in [0.1, 0.15) is 25.7 Å². The van der Waals surface area contributed by atoms with Crippen molar-refractivity contribution in [3.63, 3.8) is 0 Å². The fraction of sp³-hybridized carbons (Fsp3) is 0.917. The maximum atomic E-state index is 11.3. The Morgan fingerprint density at radius 2 is 2.00 bits per heavy atom. The molecule has 5 nitrogen and oxygen atoms in total. The quantitative estimate of drug-likeness (QED) is 0.642. The molecular weight excluding hydrogens is 218 g/mol. The Labute approximate surface area is 104 Å². The highest BCUT2D eigenvalue weighted by Crippen LogP contribution is 2.19. The van der Waals surface area contributed by atoms with E-state index < -0.39 is 0 Å². The third-order valence-electron chi connectivity index (χ3n) is 2.96. The van der Waals surface area contributed by atoms with Crippen LogP contribution in [0.5, 0.6) is 0 Å². The fourth-order valence-electron chi connectivity index (χ4n) is 2.01. The second kappa shape index (κ2) is 7.63. The summed E-state index contributed by atoms with van der Waals surface area (Å²) in [6.45, 7) is 1.62. The maximum Gasteiger partial charge on any atom is 0.234 e. The van der Waals surface area contributed by atoms with Gasteiger partial charge in [-0.25, -0.2) is 0 Å². The molecule has 0 aromatic rings. The smallest absolute Gasteiger partial charge is 0.234 e. The van der Waals surface area contributed by atoms with Crippen molar-refractivity contribution in [3.8, 4) is 0 Å². The number of nitrogens with zero attached hydrogens (tertiary/aromatic N) is 1. The molecule has 1 rings (SSSR count). The van der Waals surface area contributed by atoms with Gasteiger partial charge in [0, 0.05) is 12.6 Å². The van der Waals surface area contributed by atoms with Gasteiger partial charge in [-0.15, -0.1) is 0 Å². The van der Waals surface area contributed by atoms with Gasteiger partial charge < -0.3 is 20.7 Å². The molecule has 1 amide bonds. The molecule has 0 bridgehead atoms. The van der Waals surface area contributed by atoms with E-state index in [2.05, 4.69) is 5.32 Å².